The molecule has 1 atom stereocenters. The maximum atomic E-state index is 9.10. The Labute approximate surface area is 97.1 Å². The fourth-order valence-corrected chi connectivity index (χ4v) is 1.38. The summed E-state index contributed by atoms with van der Waals surface area (Å²) in [5, 5.41) is 15.6. The first-order valence-electron chi connectivity index (χ1n) is 5.87. The van der Waals surface area contributed by atoms with Crippen molar-refractivity contribution in [3.63, 3.8) is 0 Å². The molecule has 16 heavy (non-hydrogen) atoms. The summed E-state index contributed by atoms with van der Waals surface area (Å²) in [4.78, 5) is 4.22. The summed E-state index contributed by atoms with van der Waals surface area (Å²) < 4.78 is 0. The number of nitrogens with one attached hydrogen (secondary N) is 2. The van der Waals surface area contributed by atoms with Gasteiger partial charge in [-0.3, -0.25) is 0 Å². The predicted molar refractivity (Wildman–Crippen MR) is 67.8 cm³/mol. The van der Waals surface area contributed by atoms with Gasteiger partial charge in [-0.2, -0.15) is 0 Å². The van der Waals surface area contributed by atoms with Crippen molar-refractivity contribution in [3.8, 4) is 0 Å². The molecule has 1 rings (SSSR count). The molecule has 0 spiro atoms. The summed E-state index contributed by atoms with van der Waals surface area (Å²) >= 11 is 0. The van der Waals surface area contributed by atoms with Gasteiger partial charge in [-0.15, -0.1) is 0 Å². The molecule has 0 fully saturated rings. The van der Waals surface area contributed by atoms with Gasteiger partial charge >= 0.3 is 0 Å². The van der Waals surface area contributed by atoms with Crippen molar-refractivity contribution in [2.75, 3.05) is 23.8 Å². The van der Waals surface area contributed by atoms with Gasteiger partial charge in [0.25, 0.3) is 0 Å². The van der Waals surface area contributed by atoms with Crippen molar-refractivity contribution in [1.29, 1.82) is 0 Å². The van der Waals surface area contributed by atoms with Crippen LogP contribution in [0, 0.1) is 0 Å². The smallest absolute Gasteiger partial charge is 0.127 e. The van der Waals surface area contributed by atoms with E-state index in [1.165, 1.54) is 0 Å². The highest BCUT2D eigenvalue weighted by Gasteiger charge is 2.04. The first-order chi connectivity index (χ1) is 7.80. The SMILES string of the molecule is CCCNc1cc(NC(CC)CO)ccn1. The summed E-state index contributed by atoms with van der Waals surface area (Å²) in [6.07, 6.45) is 3.74. The molecule has 1 aromatic heterocycles. The van der Waals surface area contributed by atoms with Crippen LogP contribution in [0.15, 0.2) is 18.3 Å². The second-order valence-corrected chi connectivity index (χ2v) is 3.79. The van der Waals surface area contributed by atoms with Crippen molar-refractivity contribution >= 4 is 11.5 Å². The van der Waals surface area contributed by atoms with Crippen molar-refractivity contribution in [1.82, 2.24) is 4.98 Å². The lowest BCUT2D eigenvalue weighted by molar-refractivity contribution is 0.272. The molecular formula is C12H21N3O. The Balaban J connectivity index is 2.59. The number of anilines is 2. The maximum absolute atomic E-state index is 9.10. The van der Waals surface area contributed by atoms with Crippen LogP contribution in [0.5, 0.6) is 0 Å². The summed E-state index contributed by atoms with van der Waals surface area (Å²) in [5.41, 5.74) is 0.995. The van der Waals surface area contributed by atoms with Crippen LogP contribution < -0.4 is 10.6 Å². The van der Waals surface area contributed by atoms with E-state index in [0.29, 0.717) is 0 Å². The fraction of sp³-hybridized carbons (Fsp3) is 0.583. The molecule has 0 bridgehead atoms. The van der Waals surface area contributed by atoms with E-state index in [1.807, 2.05) is 19.1 Å². The van der Waals surface area contributed by atoms with Gasteiger partial charge in [0.2, 0.25) is 0 Å². The summed E-state index contributed by atoms with van der Waals surface area (Å²) in [7, 11) is 0. The Hall–Kier alpha value is -1.29. The topological polar surface area (TPSA) is 57.2 Å². The summed E-state index contributed by atoms with van der Waals surface area (Å²) in [6.45, 7) is 5.24. The first kappa shape index (κ1) is 12.8. The van der Waals surface area contributed by atoms with E-state index in [0.717, 1.165) is 30.9 Å². The van der Waals surface area contributed by atoms with E-state index in [2.05, 4.69) is 22.5 Å². The third kappa shape index (κ3) is 4.06. The summed E-state index contributed by atoms with van der Waals surface area (Å²) in [6, 6.07) is 3.99. The van der Waals surface area contributed by atoms with Gasteiger partial charge in [-0.05, 0) is 18.9 Å². The van der Waals surface area contributed by atoms with E-state index >= 15 is 0 Å². The minimum absolute atomic E-state index is 0.112. The molecule has 0 amide bonds. The average Bonchev–Trinajstić information content (AvgIpc) is 2.34. The van der Waals surface area contributed by atoms with Crippen LogP contribution in [0.4, 0.5) is 11.5 Å². The first-order valence-corrected chi connectivity index (χ1v) is 5.87. The lowest BCUT2D eigenvalue weighted by Crippen LogP contribution is -2.22. The number of aliphatic hydroxyl groups is 1. The van der Waals surface area contributed by atoms with Crippen LogP contribution in [0.3, 0.4) is 0 Å². The quantitative estimate of drug-likeness (QED) is 0.662. The Kier molecular flexibility index (Phi) is 5.64. The molecule has 0 aliphatic rings. The number of rotatable bonds is 7. The summed E-state index contributed by atoms with van der Waals surface area (Å²) in [5.74, 6) is 0.875. The molecule has 0 aromatic carbocycles. The number of aromatic nitrogens is 1. The van der Waals surface area contributed by atoms with Crippen LogP contribution in [0.2, 0.25) is 0 Å². The lowest BCUT2D eigenvalue weighted by Gasteiger charge is -2.16. The standard InChI is InChI=1S/C12H21N3O/c1-3-6-13-12-8-11(5-7-14-12)15-10(4-2)9-16/h5,7-8,10,16H,3-4,6,9H2,1-2H3,(H2,13,14,15). The van der Waals surface area contributed by atoms with Gasteiger partial charge < -0.3 is 15.7 Å². The van der Waals surface area contributed by atoms with Gasteiger partial charge in [0.1, 0.15) is 5.82 Å². The van der Waals surface area contributed by atoms with Crippen molar-refractivity contribution in [2.24, 2.45) is 0 Å². The largest absolute Gasteiger partial charge is 0.394 e. The highest BCUT2D eigenvalue weighted by molar-refractivity contribution is 5.52. The molecule has 0 radical (unpaired) electrons. The Bertz CT molecular complexity index is 300. The molecule has 1 aromatic rings. The zero-order chi connectivity index (χ0) is 11.8. The molecule has 0 saturated heterocycles. The van der Waals surface area contributed by atoms with Crippen molar-refractivity contribution < 1.29 is 5.11 Å². The van der Waals surface area contributed by atoms with Gasteiger partial charge in [-0.1, -0.05) is 13.8 Å². The molecule has 3 N–H and O–H groups in total. The molecule has 0 aliphatic carbocycles. The molecule has 1 unspecified atom stereocenters. The fourth-order valence-electron chi connectivity index (χ4n) is 1.38. The zero-order valence-corrected chi connectivity index (χ0v) is 10.0. The van der Waals surface area contributed by atoms with Crippen LogP contribution in [-0.2, 0) is 0 Å². The Morgan fingerprint density at radius 3 is 2.88 bits per heavy atom. The van der Waals surface area contributed by atoms with Gasteiger partial charge in [-0.25, -0.2) is 4.98 Å². The average molecular weight is 223 g/mol. The normalized spacial score (nSPS) is 12.2. The highest BCUT2D eigenvalue weighted by Crippen LogP contribution is 2.13. The van der Waals surface area contributed by atoms with Gasteiger partial charge in [0.15, 0.2) is 0 Å². The minimum Gasteiger partial charge on any atom is -0.394 e. The second-order valence-electron chi connectivity index (χ2n) is 3.79. The van der Waals surface area contributed by atoms with E-state index in [-0.39, 0.29) is 12.6 Å². The highest BCUT2D eigenvalue weighted by atomic mass is 16.3. The van der Waals surface area contributed by atoms with Crippen LogP contribution in [-0.4, -0.2) is 29.3 Å². The molecule has 90 valence electrons. The number of nitrogens with zero attached hydrogens (tertiary/aromatic N) is 1. The third-order valence-electron chi connectivity index (χ3n) is 2.40. The van der Waals surface area contributed by atoms with Gasteiger partial charge in [0, 0.05) is 30.5 Å². The van der Waals surface area contributed by atoms with Crippen LogP contribution >= 0.6 is 0 Å². The monoisotopic (exact) mass is 223 g/mol. The van der Waals surface area contributed by atoms with Crippen LogP contribution in [0.25, 0.3) is 0 Å². The lowest BCUT2D eigenvalue weighted by atomic mass is 10.2. The third-order valence-corrected chi connectivity index (χ3v) is 2.40. The number of hydrogen-bond donors (Lipinski definition) is 3. The number of hydrogen-bond acceptors (Lipinski definition) is 4. The molecule has 4 nitrogen and oxygen atoms in total. The molecule has 4 heteroatoms. The van der Waals surface area contributed by atoms with E-state index in [1.54, 1.807) is 6.20 Å². The molecular weight excluding hydrogens is 202 g/mol. The van der Waals surface area contributed by atoms with E-state index < -0.39 is 0 Å². The Morgan fingerprint density at radius 2 is 2.25 bits per heavy atom. The number of pyridine rings is 1. The van der Waals surface area contributed by atoms with Gasteiger partial charge in [0.05, 0.1) is 6.61 Å². The van der Waals surface area contributed by atoms with Crippen molar-refractivity contribution in [2.45, 2.75) is 32.7 Å². The minimum atomic E-state index is 0.112. The van der Waals surface area contributed by atoms with Crippen LogP contribution in [0.1, 0.15) is 26.7 Å². The molecule has 0 saturated carbocycles. The maximum Gasteiger partial charge on any atom is 0.127 e. The predicted octanol–water partition coefficient (Wildman–Crippen LogP) is 2.09. The molecule has 0 aliphatic heterocycles. The number of aliphatic hydroxyl groups excluding tert-OH is 1. The van der Waals surface area contributed by atoms with Crippen molar-refractivity contribution in [3.05, 3.63) is 18.3 Å². The zero-order valence-electron chi connectivity index (χ0n) is 10.0. The Morgan fingerprint density at radius 1 is 1.44 bits per heavy atom. The van der Waals surface area contributed by atoms with E-state index in [4.69, 9.17) is 5.11 Å². The second kappa shape index (κ2) is 7.06. The van der Waals surface area contributed by atoms with E-state index in [9.17, 15) is 0 Å². The molecule has 1 heterocycles.